The van der Waals surface area contributed by atoms with Gasteiger partial charge in [0.05, 0.1) is 0 Å². The summed E-state index contributed by atoms with van der Waals surface area (Å²) in [5, 5.41) is 17.8. The van der Waals surface area contributed by atoms with Crippen molar-refractivity contribution < 1.29 is 5.11 Å². The van der Waals surface area contributed by atoms with Crippen molar-refractivity contribution in [2.24, 2.45) is 13.0 Å². The zero-order valence-corrected chi connectivity index (χ0v) is 10.3. The van der Waals surface area contributed by atoms with Crippen molar-refractivity contribution in [1.82, 2.24) is 15.0 Å². The minimum atomic E-state index is -0.487. The molecule has 0 aliphatic carbocycles. The molecule has 1 rings (SSSR count). The molecule has 0 saturated heterocycles. The van der Waals surface area contributed by atoms with E-state index in [2.05, 4.69) is 40.1 Å². The van der Waals surface area contributed by atoms with Crippen LogP contribution in [0.4, 0.5) is 0 Å². The van der Waals surface area contributed by atoms with Crippen LogP contribution < -0.4 is 0 Å². The quantitative estimate of drug-likeness (QED) is 0.903. The predicted molar refractivity (Wildman–Crippen MR) is 57.7 cm³/mol. The second kappa shape index (κ2) is 4.89. The second-order valence-corrected chi connectivity index (χ2v) is 4.16. The first-order valence-electron chi connectivity index (χ1n) is 4.84. The molecule has 5 heteroatoms. The monoisotopic (exact) mass is 261 g/mol. The number of aromatic nitrogens is 3. The highest BCUT2D eigenvalue weighted by atomic mass is 79.9. The van der Waals surface area contributed by atoms with Gasteiger partial charge in [-0.25, -0.2) is 4.68 Å². The summed E-state index contributed by atoms with van der Waals surface area (Å²) in [5.41, 5.74) is 0.763. The van der Waals surface area contributed by atoms with Gasteiger partial charge < -0.3 is 5.11 Å². The molecule has 0 aliphatic rings. The molecule has 1 unspecified atom stereocenters. The highest BCUT2D eigenvalue weighted by molar-refractivity contribution is 9.10. The van der Waals surface area contributed by atoms with Gasteiger partial charge in [0.25, 0.3) is 0 Å². The Labute approximate surface area is 92.4 Å². The molecule has 0 aromatic carbocycles. The summed E-state index contributed by atoms with van der Waals surface area (Å²) >= 11 is 3.29. The molecule has 0 bridgehead atoms. The Balaban J connectivity index is 2.92. The molecule has 0 aliphatic heterocycles. The molecular weight excluding hydrogens is 246 g/mol. The highest BCUT2D eigenvalue weighted by Gasteiger charge is 2.23. The van der Waals surface area contributed by atoms with Gasteiger partial charge in [0.1, 0.15) is 11.8 Å². The molecule has 0 spiro atoms. The summed E-state index contributed by atoms with van der Waals surface area (Å²) < 4.78 is 2.26. The standard InChI is InChI=1S/C9H16BrN3O/c1-4-6(5-2)8(14)7-9(10)11-12-13(7)3/h6,8,14H,4-5H2,1-3H3. The zero-order chi connectivity index (χ0) is 10.7. The Morgan fingerprint density at radius 1 is 1.43 bits per heavy atom. The zero-order valence-electron chi connectivity index (χ0n) is 8.74. The Bertz CT molecular complexity index is 277. The van der Waals surface area contributed by atoms with Crippen molar-refractivity contribution in [3.63, 3.8) is 0 Å². The normalized spacial score (nSPS) is 13.6. The van der Waals surface area contributed by atoms with E-state index in [9.17, 15) is 5.11 Å². The number of hydrogen-bond donors (Lipinski definition) is 1. The van der Waals surface area contributed by atoms with Crippen molar-refractivity contribution >= 4 is 15.9 Å². The largest absolute Gasteiger partial charge is 0.386 e. The van der Waals surface area contributed by atoms with Crippen LogP contribution in [0, 0.1) is 5.92 Å². The van der Waals surface area contributed by atoms with E-state index in [0.717, 1.165) is 18.5 Å². The summed E-state index contributed by atoms with van der Waals surface area (Å²) in [6, 6.07) is 0. The Hall–Kier alpha value is -0.420. The van der Waals surface area contributed by atoms with Crippen LogP contribution in [0.3, 0.4) is 0 Å². The summed E-state index contributed by atoms with van der Waals surface area (Å²) in [6.07, 6.45) is 1.42. The number of hydrogen-bond acceptors (Lipinski definition) is 3. The highest BCUT2D eigenvalue weighted by Crippen LogP contribution is 2.30. The first-order valence-corrected chi connectivity index (χ1v) is 5.64. The van der Waals surface area contributed by atoms with E-state index in [-0.39, 0.29) is 5.92 Å². The lowest BCUT2D eigenvalue weighted by Crippen LogP contribution is -2.15. The Morgan fingerprint density at radius 2 is 2.00 bits per heavy atom. The molecule has 1 atom stereocenters. The first kappa shape index (κ1) is 11.7. The molecule has 14 heavy (non-hydrogen) atoms. The van der Waals surface area contributed by atoms with Crippen molar-refractivity contribution in [2.45, 2.75) is 32.8 Å². The molecule has 1 aromatic heterocycles. The van der Waals surface area contributed by atoms with Crippen LogP contribution in [0.2, 0.25) is 0 Å². The second-order valence-electron chi connectivity index (χ2n) is 3.41. The predicted octanol–water partition coefficient (Wildman–Crippen LogP) is 2.05. The Morgan fingerprint density at radius 3 is 2.36 bits per heavy atom. The van der Waals surface area contributed by atoms with Crippen molar-refractivity contribution in [3.05, 3.63) is 10.3 Å². The minimum Gasteiger partial charge on any atom is -0.386 e. The molecule has 80 valence electrons. The van der Waals surface area contributed by atoms with Crippen LogP contribution >= 0.6 is 15.9 Å². The lowest BCUT2D eigenvalue weighted by molar-refractivity contribution is 0.0946. The molecule has 4 nitrogen and oxygen atoms in total. The van der Waals surface area contributed by atoms with Gasteiger partial charge in [-0.1, -0.05) is 31.9 Å². The van der Waals surface area contributed by atoms with Gasteiger partial charge in [0.2, 0.25) is 0 Å². The summed E-state index contributed by atoms with van der Waals surface area (Å²) in [5.74, 6) is 0.267. The smallest absolute Gasteiger partial charge is 0.154 e. The van der Waals surface area contributed by atoms with E-state index in [4.69, 9.17) is 0 Å². The van der Waals surface area contributed by atoms with Gasteiger partial charge in [-0.05, 0) is 21.8 Å². The van der Waals surface area contributed by atoms with Gasteiger partial charge in [-0.15, -0.1) is 5.10 Å². The lowest BCUT2D eigenvalue weighted by atomic mass is 9.95. The third kappa shape index (κ3) is 2.15. The van der Waals surface area contributed by atoms with Crippen LogP contribution in [0.25, 0.3) is 0 Å². The van der Waals surface area contributed by atoms with Crippen LogP contribution in [-0.4, -0.2) is 20.1 Å². The number of aryl methyl sites for hydroxylation is 1. The van der Waals surface area contributed by atoms with Crippen molar-refractivity contribution in [2.75, 3.05) is 0 Å². The van der Waals surface area contributed by atoms with Crippen LogP contribution in [0.5, 0.6) is 0 Å². The number of nitrogens with zero attached hydrogens (tertiary/aromatic N) is 3. The SMILES string of the molecule is CCC(CC)C(O)c1c(Br)nnn1C. The van der Waals surface area contributed by atoms with E-state index in [1.807, 2.05) is 0 Å². The van der Waals surface area contributed by atoms with Gasteiger partial charge in [0, 0.05) is 7.05 Å². The third-order valence-electron chi connectivity index (χ3n) is 2.60. The summed E-state index contributed by atoms with van der Waals surface area (Å²) in [6.45, 7) is 4.16. The van der Waals surface area contributed by atoms with Crippen molar-refractivity contribution in [1.29, 1.82) is 0 Å². The average Bonchev–Trinajstić information content (AvgIpc) is 2.48. The van der Waals surface area contributed by atoms with E-state index >= 15 is 0 Å². The maximum Gasteiger partial charge on any atom is 0.154 e. The summed E-state index contributed by atoms with van der Waals surface area (Å²) in [7, 11) is 1.79. The maximum atomic E-state index is 10.1. The number of halogens is 1. The van der Waals surface area contributed by atoms with Crippen molar-refractivity contribution in [3.8, 4) is 0 Å². The fraction of sp³-hybridized carbons (Fsp3) is 0.778. The van der Waals surface area contributed by atoms with Crippen LogP contribution in [0.1, 0.15) is 38.5 Å². The number of rotatable bonds is 4. The van der Waals surface area contributed by atoms with Crippen LogP contribution in [-0.2, 0) is 7.05 Å². The van der Waals surface area contributed by atoms with Gasteiger partial charge >= 0.3 is 0 Å². The fourth-order valence-electron chi connectivity index (χ4n) is 1.61. The van der Waals surface area contributed by atoms with Gasteiger partial charge in [-0.2, -0.15) is 0 Å². The maximum absolute atomic E-state index is 10.1. The fourth-order valence-corrected chi connectivity index (χ4v) is 2.17. The molecule has 0 fully saturated rings. The Kier molecular flexibility index (Phi) is 4.07. The number of aliphatic hydroxyl groups excluding tert-OH is 1. The van der Waals surface area contributed by atoms with Gasteiger partial charge in [0.15, 0.2) is 4.60 Å². The van der Waals surface area contributed by atoms with Gasteiger partial charge in [-0.3, -0.25) is 0 Å². The topological polar surface area (TPSA) is 50.9 Å². The van der Waals surface area contributed by atoms with E-state index < -0.39 is 6.10 Å². The van der Waals surface area contributed by atoms with E-state index in [0.29, 0.717) is 4.60 Å². The van der Waals surface area contributed by atoms with Crippen LogP contribution in [0.15, 0.2) is 4.60 Å². The third-order valence-corrected chi connectivity index (χ3v) is 3.17. The van der Waals surface area contributed by atoms with E-state index in [1.54, 1.807) is 11.7 Å². The first-order chi connectivity index (χ1) is 6.61. The number of aliphatic hydroxyl groups is 1. The molecule has 1 N–H and O–H groups in total. The summed E-state index contributed by atoms with van der Waals surface area (Å²) in [4.78, 5) is 0. The van der Waals surface area contributed by atoms with E-state index in [1.165, 1.54) is 0 Å². The molecule has 0 saturated carbocycles. The minimum absolute atomic E-state index is 0.267. The molecule has 0 amide bonds. The lowest BCUT2D eigenvalue weighted by Gasteiger charge is -2.19. The average molecular weight is 262 g/mol. The molecule has 1 heterocycles. The molecule has 1 aromatic rings. The molecular formula is C9H16BrN3O. The molecule has 0 radical (unpaired) electrons.